The molecule has 1 amide bonds. The molecule has 2 aromatic rings. The molecule has 0 radical (unpaired) electrons. The van der Waals surface area contributed by atoms with E-state index in [0.717, 1.165) is 6.26 Å². The van der Waals surface area contributed by atoms with Gasteiger partial charge < -0.3 is 10.4 Å². The highest BCUT2D eigenvalue weighted by atomic mass is 32.2. The zero-order chi connectivity index (χ0) is 17.7. The van der Waals surface area contributed by atoms with Gasteiger partial charge in [0, 0.05) is 11.8 Å². The van der Waals surface area contributed by atoms with Crippen LogP contribution >= 0.6 is 0 Å². The van der Waals surface area contributed by atoms with E-state index in [1.165, 1.54) is 24.3 Å². The Morgan fingerprint density at radius 2 is 1.62 bits per heavy atom. The number of amides is 1. The number of nitrogens with one attached hydrogen (secondary N) is 1. The standard InChI is InChI=1S/C17H17NO5S/c1-24(22,23)14-9-7-13(8-10-14)17(21)18-15(11-16(19)20)12-5-3-2-4-6-12/h2-10,15H,11H2,1H3,(H,18,21)(H,19,20)/t15-/m1/s1. The van der Waals surface area contributed by atoms with Crippen LogP contribution < -0.4 is 5.32 Å². The summed E-state index contributed by atoms with van der Waals surface area (Å²) in [5.74, 6) is -1.50. The van der Waals surface area contributed by atoms with Crippen LogP contribution in [0.5, 0.6) is 0 Å². The highest BCUT2D eigenvalue weighted by molar-refractivity contribution is 7.90. The molecule has 24 heavy (non-hydrogen) atoms. The van der Waals surface area contributed by atoms with Crippen LogP contribution in [-0.4, -0.2) is 31.7 Å². The first-order valence-corrected chi connectivity index (χ1v) is 9.04. The van der Waals surface area contributed by atoms with Gasteiger partial charge in [-0.2, -0.15) is 0 Å². The Bertz CT molecular complexity index is 829. The van der Waals surface area contributed by atoms with Crippen LogP contribution in [-0.2, 0) is 14.6 Å². The molecule has 0 aliphatic carbocycles. The van der Waals surface area contributed by atoms with Gasteiger partial charge in [0.05, 0.1) is 17.4 Å². The van der Waals surface area contributed by atoms with Gasteiger partial charge >= 0.3 is 5.97 Å². The molecule has 0 bridgehead atoms. The highest BCUT2D eigenvalue weighted by Gasteiger charge is 2.19. The lowest BCUT2D eigenvalue weighted by atomic mass is 10.0. The Labute approximate surface area is 140 Å². The summed E-state index contributed by atoms with van der Waals surface area (Å²) in [5.41, 5.74) is 0.940. The van der Waals surface area contributed by atoms with Crippen molar-refractivity contribution in [2.45, 2.75) is 17.4 Å². The summed E-state index contributed by atoms with van der Waals surface area (Å²) in [6.07, 6.45) is 0.831. The Morgan fingerprint density at radius 1 is 1.04 bits per heavy atom. The van der Waals surface area contributed by atoms with Crippen LogP contribution in [0.25, 0.3) is 0 Å². The molecular formula is C17H17NO5S. The Hall–Kier alpha value is -2.67. The lowest BCUT2D eigenvalue weighted by molar-refractivity contribution is -0.137. The molecule has 0 saturated heterocycles. The quantitative estimate of drug-likeness (QED) is 0.833. The molecule has 126 valence electrons. The van der Waals surface area contributed by atoms with Gasteiger partial charge in [0.2, 0.25) is 0 Å². The van der Waals surface area contributed by atoms with Gasteiger partial charge in [-0.15, -0.1) is 0 Å². The number of aliphatic carboxylic acids is 1. The molecular weight excluding hydrogens is 330 g/mol. The third kappa shape index (κ3) is 4.66. The van der Waals surface area contributed by atoms with Crippen molar-refractivity contribution in [3.05, 3.63) is 65.7 Å². The van der Waals surface area contributed by atoms with Crippen molar-refractivity contribution < 1.29 is 23.1 Å². The molecule has 0 unspecified atom stereocenters. The number of sulfone groups is 1. The van der Waals surface area contributed by atoms with E-state index >= 15 is 0 Å². The third-order valence-corrected chi connectivity index (χ3v) is 4.56. The van der Waals surface area contributed by atoms with Gasteiger partial charge in [-0.1, -0.05) is 30.3 Å². The number of hydrogen-bond acceptors (Lipinski definition) is 4. The monoisotopic (exact) mass is 347 g/mol. The maximum atomic E-state index is 12.3. The van der Waals surface area contributed by atoms with E-state index in [0.29, 0.717) is 5.56 Å². The van der Waals surface area contributed by atoms with E-state index in [4.69, 9.17) is 5.11 Å². The molecule has 6 nitrogen and oxygen atoms in total. The van der Waals surface area contributed by atoms with E-state index in [1.54, 1.807) is 30.3 Å². The summed E-state index contributed by atoms with van der Waals surface area (Å²) in [6, 6.07) is 13.6. The van der Waals surface area contributed by atoms with Crippen LogP contribution in [0.4, 0.5) is 0 Å². The Balaban J connectivity index is 2.20. The van der Waals surface area contributed by atoms with Crippen molar-refractivity contribution in [3.8, 4) is 0 Å². The van der Waals surface area contributed by atoms with Gasteiger partial charge in [0.25, 0.3) is 5.91 Å². The first-order valence-electron chi connectivity index (χ1n) is 7.15. The van der Waals surface area contributed by atoms with Gasteiger partial charge in [0.1, 0.15) is 0 Å². The van der Waals surface area contributed by atoms with Crippen LogP contribution in [0, 0.1) is 0 Å². The van der Waals surface area contributed by atoms with E-state index in [2.05, 4.69) is 5.32 Å². The minimum Gasteiger partial charge on any atom is -0.481 e. The van der Waals surface area contributed by atoms with Crippen LogP contribution in [0.3, 0.4) is 0 Å². The molecule has 0 aromatic heterocycles. The van der Waals surface area contributed by atoms with Crippen LogP contribution in [0.2, 0.25) is 0 Å². The normalized spacial score (nSPS) is 12.4. The number of carbonyl (C=O) groups is 2. The zero-order valence-corrected chi connectivity index (χ0v) is 13.8. The largest absolute Gasteiger partial charge is 0.481 e. The van der Waals surface area contributed by atoms with E-state index < -0.39 is 27.8 Å². The lowest BCUT2D eigenvalue weighted by Crippen LogP contribution is -2.30. The number of carboxylic acids is 1. The van der Waals surface area contributed by atoms with E-state index in [9.17, 15) is 18.0 Å². The molecule has 0 aliphatic heterocycles. The SMILES string of the molecule is CS(=O)(=O)c1ccc(C(=O)N[C@H](CC(=O)O)c2ccccc2)cc1. The van der Waals surface area contributed by atoms with Gasteiger partial charge in [-0.25, -0.2) is 8.42 Å². The average Bonchev–Trinajstić information content (AvgIpc) is 2.54. The first-order chi connectivity index (χ1) is 11.3. The van der Waals surface area contributed by atoms with Gasteiger partial charge in [0.15, 0.2) is 9.84 Å². The van der Waals surface area contributed by atoms with Crippen molar-refractivity contribution in [1.29, 1.82) is 0 Å². The number of hydrogen-bond donors (Lipinski definition) is 2. The number of rotatable bonds is 6. The van der Waals surface area contributed by atoms with Crippen molar-refractivity contribution in [2.24, 2.45) is 0 Å². The second-order valence-electron chi connectivity index (χ2n) is 5.33. The van der Waals surface area contributed by atoms with E-state index in [1.807, 2.05) is 0 Å². The Morgan fingerprint density at radius 3 is 2.12 bits per heavy atom. The van der Waals surface area contributed by atoms with Crippen molar-refractivity contribution >= 4 is 21.7 Å². The molecule has 7 heteroatoms. The smallest absolute Gasteiger partial charge is 0.305 e. The fourth-order valence-electron chi connectivity index (χ4n) is 2.21. The third-order valence-electron chi connectivity index (χ3n) is 3.43. The summed E-state index contributed by atoms with van der Waals surface area (Å²) in [6.45, 7) is 0. The summed E-state index contributed by atoms with van der Waals surface area (Å²) in [5, 5.41) is 11.7. The lowest BCUT2D eigenvalue weighted by Gasteiger charge is -2.17. The molecule has 0 spiro atoms. The second-order valence-corrected chi connectivity index (χ2v) is 7.35. The molecule has 0 fully saturated rings. The summed E-state index contributed by atoms with van der Waals surface area (Å²) < 4.78 is 22.9. The number of carbonyl (C=O) groups excluding carboxylic acids is 1. The van der Waals surface area contributed by atoms with Crippen molar-refractivity contribution in [3.63, 3.8) is 0 Å². The average molecular weight is 347 g/mol. The fraction of sp³-hybridized carbons (Fsp3) is 0.176. The van der Waals surface area contributed by atoms with Gasteiger partial charge in [-0.3, -0.25) is 9.59 Å². The molecule has 2 aromatic carbocycles. The first kappa shape index (κ1) is 17.7. The highest BCUT2D eigenvalue weighted by Crippen LogP contribution is 2.18. The van der Waals surface area contributed by atoms with Crippen LogP contribution in [0.15, 0.2) is 59.5 Å². The van der Waals surface area contributed by atoms with E-state index in [-0.39, 0.29) is 16.9 Å². The maximum absolute atomic E-state index is 12.3. The van der Waals surface area contributed by atoms with Crippen molar-refractivity contribution in [1.82, 2.24) is 5.32 Å². The predicted molar refractivity (Wildman–Crippen MR) is 88.5 cm³/mol. The molecule has 0 aliphatic rings. The predicted octanol–water partition coefficient (Wildman–Crippen LogP) is 2.04. The zero-order valence-electron chi connectivity index (χ0n) is 13.0. The van der Waals surface area contributed by atoms with Crippen molar-refractivity contribution in [2.75, 3.05) is 6.26 Å². The minimum absolute atomic E-state index is 0.115. The van der Waals surface area contributed by atoms with Gasteiger partial charge in [-0.05, 0) is 29.8 Å². The topological polar surface area (TPSA) is 101 Å². The van der Waals surface area contributed by atoms with Crippen LogP contribution in [0.1, 0.15) is 28.4 Å². The molecule has 0 heterocycles. The summed E-state index contributed by atoms with van der Waals surface area (Å²) in [7, 11) is -3.34. The minimum atomic E-state index is -3.34. The summed E-state index contributed by atoms with van der Waals surface area (Å²) >= 11 is 0. The molecule has 0 saturated carbocycles. The second kappa shape index (κ2) is 7.27. The fourth-order valence-corrected chi connectivity index (χ4v) is 2.84. The summed E-state index contributed by atoms with van der Waals surface area (Å²) in [4.78, 5) is 23.5. The molecule has 2 N–H and O–H groups in total. The molecule has 2 rings (SSSR count). The number of carboxylic acid groups (broad SMARTS) is 1. The number of benzene rings is 2. The molecule has 1 atom stereocenters. The maximum Gasteiger partial charge on any atom is 0.305 e. The Kier molecular flexibility index (Phi) is 5.35.